The van der Waals surface area contributed by atoms with Crippen LogP contribution in [0.25, 0.3) is 0 Å². The van der Waals surface area contributed by atoms with E-state index < -0.39 is 0 Å². The molecule has 5 heteroatoms. The molecular weight excluding hydrogens is 329 g/mol. The summed E-state index contributed by atoms with van der Waals surface area (Å²) in [6.45, 7) is 7.05. The number of hydrogen-bond donors (Lipinski definition) is 0. The molecule has 0 aromatic heterocycles. The second-order valence-electron chi connectivity index (χ2n) is 6.53. The van der Waals surface area contributed by atoms with Crippen LogP contribution in [0.1, 0.15) is 28.4 Å². The second-order valence-corrected chi connectivity index (χ2v) is 6.53. The fraction of sp³-hybridized carbons (Fsp3) is 0.333. The minimum absolute atomic E-state index is 0.0265. The number of Topliss-reactive ketones (excluding diaryl/α,β-unsaturated/α-hetero) is 1. The Bertz CT molecular complexity index is 800. The van der Waals surface area contributed by atoms with Crippen molar-refractivity contribution in [3.05, 3.63) is 58.9 Å². The van der Waals surface area contributed by atoms with Gasteiger partial charge in [-0.1, -0.05) is 0 Å². The van der Waals surface area contributed by atoms with E-state index in [2.05, 4.69) is 11.9 Å². The topological polar surface area (TPSA) is 35.9 Å². The van der Waals surface area contributed by atoms with Crippen LogP contribution in [0.5, 0.6) is 0 Å². The number of benzene rings is 2. The van der Waals surface area contributed by atoms with E-state index in [1.165, 1.54) is 12.1 Å². The molecule has 0 saturated carbocycles. The molecule has 2 aromatic carbocycles. The van der Waals surface area contributed by atoms with Gasteiger partial charge in [-0.2, -0.15) is 0 Å². The van der Waals surface area contributed by atoms with Crippen LogP contribution in [0.15, 0.2) is 41.4 Å². The van der Waals surface area contributed by atoms with Gasteiger partial charge in [-0.3, -0.25) is 4.79 Å². The molecule has 0 aliphatic heterocycles. The first-order valence-corrected chi connectivity index (χ1v) is 8.67. The number of ketones is 1. The Morgan fingerprint density at radius 1 is 1.12 bits per heavy atom. The van der Waals surface area contributed by atoms with Crippen molar-refractivity contribution in [3.8, 4) is 0 Å². The molecule has 0 atom stereocenters. The van der Waals surface area contributed by atoms with Crippen molar-refractivity contribution in [2.75, 3.05) is 32.1 Å². The molecule has 0 aliphatic rings. The number of carbonyl (C=O) groups is 1. The minimum atomic E-state index is -0.287. The summed E-state index contributed by atoms with van der Waals surface area (Å²) in [6.07, 6.45) is 1.80. The van der Waals surface area contributed by atoms with E-state index in [1.807, 2.05) is 49.9 Å². The molecule has 0 unspecified atom stereocenters. The smallest absolute Gasteiger partial charge is 0.182 e. The van der Waals surface area contributed by atoms with E-state index in [4.69, 9.17) is 0 Å². The monoisotopic (exact) mass is 355 g/mol. The van der Waals surface area contributed by atoms with Crippen LogP contribution in [-0.4, -0.2) is 44.2 Å². The summed E-state index contributed by atoms with van der Waals surface area (Å²) in [7, 11) is 3.79. The molecule has 0 fully saturated rings. The van der Waals surface area contributed by atoms with Crippen molar-refractivity contribution < 1.29 is 9.18 Å². The molecule has 138 valence electrons. The maximum Gasteiger partial charge on any atom is 0.182 e. The van der Waals surface area contributed by atoms with Crippen LogP contribution in [0.4, 0.5) is 15.8 Å². The normalized spacial score (nSPS) is 11.0. The summed E-state index contributed by atoms with van der Waals surface area (Å²) in [5.41, 5.74) is 4.23. The highest BCUT2D eigenvalue weighted by molar-refractivity contribution is 6.01. The summed E-state index contributed by atoms with van der Waals surface area (Å²) < 4.78 is 13.0. The van der Waals surface area contributed by atoms with E-state index in [-0.39, 0.29) is 18.1 Å². The van der Waals surface area contributed by atoms with E-state index in [0.29, 0.717) is 5.56 Å². The van der Waals surface area contributed by atoms with Crippen molar-refractivity contribution in [2.45, 2.75) is 20.8 Å². The number of aliphatic imine (C=N–C) groups is 1. The third-order valence-corrected chi connectivity index (χ3v) is 4.38. The molecule has 0 radical (unpaired) electrons. The van der Waals surface area contributed by atoms with Crippen LogP contribution >= 0.6 is 0 Å². The van der Waals surface area contributed by atoms with Crippen molar-refractivity contribution in [1.82, 2.24) is 4.90 Å². The number of carbonyl (C=O) groups excluding carboxylic acids is 1. The van der Waals surface area contributed by atoms with Crippen molar-refractivity contribution in [3.63, 3.8) is 0 Å². The van der Waals surface area contributed by atoms with E-state index in [0.717, 1.165) is 29.0 Å². The van der Waals surface area contributed by atoms with Gasteiger partial charge in [0.1, 0.15) is 5.82 Å². The number of halogens is 1. The average molecular weight is 355 g/mol. The number of rotatable bonds is 7. The summed E-state index contributed by atoms with van der Waals surface area (Å²) in [4.78, 5) is 21.0. The lowest BCUT2D eigenvalue weighted by molar-refractivity contribution is 0.0999. The molecule has 0 N–H and O–H groups in total. The zero-order valence-corrected chi connectivity index (χ0v) is 16.1. The van der Waals surface area contributed by atoms with Crippen molar-refractivity contribution in [2.24, 2.45) is 4.99 Å². The van der Waals surface area contributed by atoms with Gasteiger partial charge in [0.25, 0.3) is 0 Å². The molecule has 4 nitrogen and oxygen atoms in total. The average Bonchev–Trinajstić information content (AvgIpc) is 2.62. The Labute approximate surface area is 155 Å². The van der Waals surface area contributed by atoms with Crippen LogP contribution in [0.2, 0.25) is 0 Å². The predicted molar refractivity (Wildman–Crippen MR) is 106 cm³/mol. The molecule has 0 amide bonds. The fourth-order valence-corrected chi connectivity index (χ4v) is 2.57. The number of aryl methyl sites for hydroxylation is 2. The summed E-state index contributed by atoms with van der Waals surface area (Å²) in [5, 5.41) is 0. The molecular formula is C21H26FN3O. The van der Waals surface area contributed by atoms with Crippen LogP contribution < -0.4 is 4.90 Å². The molecule has 0 saturated heterocycles. The van der Waals surface area contributed by atoms with Gasteiger partial charge in [0.2, 0.25) is 0 Å². The summed E-state index contributed by atoms with van der Waals surface area (Å²) >= 11 is 0. The maximum absolute atomic E-state index is 13.0. The van der Waals surface area contributed by atoms with Gasteiger partial charge < -0.3 is 9.80 Å². The molecule has 0 aliphatic carbocycles. The standard InChI is InChI=1S/C21H26FN3O/c1-6-24(4)14-23-20-12-15(2)19(11-16(20)3)21(26)13-25(5)18-9-7-17(22)8-10-18/h7-12,14H,6,13H2,1-5H3/b23-14+. The number of likely N-dealkylation sites (N-methyl/N-ethyl adjacent to an activating group) is 1. The quantitative estimate of drug-likeness (QED) is 0.420. The Morgan fingerprint density at radius 3 is 2.38 bits per heavy atom. The van der Waals surface area contributed by atoms with Gasteiger partial charge in [0, 0.05) is 31.9 Å². The highest BCUT2D eigenvalue weighted by atomic mass is 19.1. The van der Waals surface area contributed by atoms with Crippen LogP contribution in [-0.2, 0) is 0 Å². The van der Waals surface area contributed by atoms with Crippen molar-refractivity contribution in [1.29, 1.82) is 0 Å². The zero-order valence-electron chi connectivity index (χ0n) is 16.1. The Morgan fingerprint density at radius 2 is 1.77 bits per heavy atom. The maximum atomic E-state index is 13.0. The van der Waals surface area contributed by atoms with Gasteiger partial charge in [0.05, 0.1) is 18.6 Å². The molecule has 0 spiro atoms. The van der Waals surface area contributed by atoms with Crippen molar-refractivity contribution >= 4 is 23.5 Å². The van der Waals surface area contributed by atoms with E-state index in [9.17, 15) is 9.18 Å². The first kappa shape index (κ1) is 19.6. The van der Waals surface area contributed by atoms with E-state index in [1.54, 1.807) is 18.5 Å². The number of hydrogen-bond acceptors (Lipinski definition) is 3. The first-order chi connectivity index (χ1) is 12.3. The molecule has 26 heavy (non-hydrogen) atoms. The minimum Gasteiger partial charge on any atom is -0.367 e. The molecule has 0 bridgehead atoms. The molecule has 2 aromatic rings. The first-order valence-electron chi connectivity index (χ1n) is 8.67. The van der Waals surface area contributed by atoms with Gasteiger partial charge in [-0.15, -0.1) is 0 Å². The summed E-state index contributed by atoms with van der Waals surface area (Å²) in [5.74, 6) is -0.261. The SMILES string of the molecule is CCN(C)/C=N/c1cc(C)c(C(=O)CN(C)c2ccc(F)cc2)cc1C. The second kappa shape index (κ2) is 8.61. The third kappa shape index (κ3) is 4.91. The predicted octanol–water partition coefficient (Wildman–Crippen LogP) is 4.37. The van der Waals surface area contributed by atoms with Gasteiger partial charge in [-0.25, -0.2) is 9.38 Å². The highest BCUT2D eigenvalue weighted by Crippen LogP contribution is 2.24. The van der Waals surface area contributed by atoms with Gasteiger partial charge >= 0.3 is 0 Å². The van der Waals surface area contributed by atoms with Crippen LogP contribution in [0.3, 0.4) is 0 Å². The largest absolute Gasteiger partial charge is 0.367 e. The fourth-order valence-electron chi connectivity index (χ4n) is 2.57. The van der Waals surface area contributed by atoms with Gasteiger partial charge in [0.15, 0.2) is 5.78 Å². The third-order valence-electron chi connectivity index (χ3n) is 4.38. The number of anilines is 1. The lowest BCUT2D eigenvalue weighted by Gasteiger charge is -2.19. The molecule has 2 rings (SSSR count). The van der Waals surface area contributed by atoms with E-state index >= 15 is 0 Å². The van der Waals surface area contributed by atoms with Crippen LogP contribution in [0, 0.1) is 19.7 Å². The zero-order chi connectivity index (χ0) is 19.3. The highest BCUT2D eigenvalue weighted by Gasteiger charge is 2.14. The Kier molecular flexibility index (Phi) is 6.50. The van der Waals surface area contributed by atoms with Gasteiger partial charge in [-0.05, 0) is 68.3 Å². The Hall–Kier alpha value is -2.69. The Balaban J connectivity index is 2.17. The summed E-state index contributed by atoms with van der Waals surface area (Å²) in [6, 6.07) is 9.97. The lowest BCUT2D eigenvalue weighted by Crippen LogP contribution is -2.26. The molecule has 0 heterocycles. The number of nitrogens with zero attached hydrogens (tertiary/aromatic N) is 3. The lowest BCUT2D eigenvalue weighted by atomic mass is 10.00.